The molecular weight excluding hydrogens is 384 g/mol. The molecule has 1 N–H and O–H groups in total. The van der Waals surface area contributed by atoms with E-state index in [4.69, 9.17) is 11.6 Å². The van der Waals surface area contributed by atoms with E-state index in [1.807, 2.05) is 73.7 Å². The van der Waals surface area contributed by atoms with Crippen molar-refractivity contribution in [3.8, 4) is 11.3 Å². The molecule has 5 rings (SSSR count). The van der Waals surface area contributed by atoms with Crippen molar-refractivity contribution in [2.24, 2.45) is 0 Å². The van der Waals surface area contributed by atoms with Crippen LogP contribution in [-0.2, 0) is 0 Å². The Balaban J connectivity index is 1.71. The topological polar surface area (TPSA) is 61.9 Å². The predicted octanol–water partition coefficient (Wildman–Crippen LogP) is 5.18. The van der Waals surface area contributed by atoms with Crippen molar-refractivity contribution in [2.45, 2.75) is 13.0 Å². The molecule has 0 aliphatic carbocycles. The summed E-state index contributed by atoms with van der Waals surface area (Å²) < 4.78 is 0. The molecule has 3 heterocycles. The summed E-state index contributed by atoms with van der Waals surface area (Å²) in [4.78, 5) is 19.7. The number of benzene rings is 2. The van der Waals surface area contributed by atoms with Crippen LogP contribution in [0.25, 0.3) is 11.3 Å². The summed E-state index contributed by atoms with van der Waals surface area (Å²) in [5.41, 5.74) is 5.70. The van der Waals surface area contributed by atoms with Crippen LogP contribution in [0.5, 0.6) is 0 Å². The Kier molecular flexibility index (Phi) is 4.18. The Morgan fingerprint density at radius 1 is 1.00 bits per heavy atom. The summed E-state index contributed by atoms with van der Waals surface area (Å²) in [6.07, 6.45) is 1.74. The lowest BCUT2D eigenvalue weighted by Gasteiger charge is -2.25. The van der Waals surface area contributed by atoms with Gasteiger partial charge in [0.2, 0.25) is 0 Å². The van der Waals surface area contributed by atoms with Gasteiger partial charge in [-0.05, 0) is 43.3 Å². The number of fused-ring (bicyclic) bond motifs is 1. The fraction of sp³-hybridized carbons (Fsp3) is 0.0870. The molecule has 1 aliphatic rings. The highest BCUT2D eigenvalue weighted by molar-refractivity contribution is 6.30. The van der Waals surface area contributed by atoms with Crippen molar-refractivity contribution >= 4 is 23.2 Å². The molecule has 1 aliphatic heterocycles. The first-order chi connectivity index (χ1) is 14.1. The van der Waals surface area contributed by atoms with Gasteiger partial charge in [0, 0.05) is 28.0 Å². The van der Waals surface area contributed by atoms with Gasteiger partial charge >= 0.3 is 0 Å². The summed E-state index contributed by atoms with van der Waals surface area (Å²) in [6.45, 7) is 2.02. The first-order valence-electron chi connectivity index (χ1n) is 9.29. The fourth-order valence-corrected chi connectivity index (χ4v) is 3.89. The molecule has 0 spiro atoms. The van der Waals surface area contributed by atoms with E-state index >= 15 is 0 Å². The number of hydrogen-bond acceptors (Lipinski definition) is 3. The van der Waals surface area contributed by atoms with Gasteiger partial charge in [-0.1, -0.05) is 47.5 Å². The maximum Gasteiger partial charge on any atom is 0.277 e. The van der Waals surface area contributed by atoms with Gasteiger partial charge in [0.25, 0.3) is 5.91 Å². The number of nitrogens with one attached hydrogen (secondary N) is 1. The van der Waals surface area contributed by atoms with Crippen LogP contribution in [0.1, 0.15) is 33.4 Å². The molecule has 0 fully saturated rings. The van der Waals surface area contributed by atoms with Gasteiger partial charge in [0.1, 0.15) is 11.7 Å². The summed E-state index contributed by atoms with van der Waals surface area (Å²) in [6, 6.07) is 20.8. The number of pyridine rings is 1. The van der Waals surface area contributed by atoms with Crippen LogP contribution >= 0.6 is 11.6 Å². The molecule has 0 bridgehead atoms. The normalized spacial score (nSPS) is 15.6. The number of hydrogen-bond donors (Lipinski definition) is 1. The molecule has 0 saturated carbocycles. The van der Waals surface area contributed by atoms with E-state index in [1.54, 1.807) is 11.1 Å². The third-order valence-corrected chi connectivity index (χ3v) is 5.42. The number of aromatic amines is 1. The number of halogens is 1. The lowest BCUT2D eigenvalue weighted by atomic mass is 9.99. The van der Waals surface area contributed by atoms with Crippen molar-refractivity contribution in [3.63, 3.8) is 0 Å². The molecule has 2 aromatic heterocycles. The molecule has 0 saturated heterocycles. The highest BCUT2D eigenvalue weighted by Gasteiger charge is 2.43. The number of nitrogens with zero attached hydrogens (tertiary/aromatic N) is 3. The highest BCUT2D eigenvalue weighted by Crippen LogP contribution is 2.44. The van der Waals surface area contributed by atoms with E-state index in [2.05, 4.69) is 15.2 Å². The second kappa shape index (κ2) is 6.87. The molecular formula is C23H17ClN4O. The van der Waals surface area contributed by atoms with E-state index in [0.29, 0.717) is 10.7 Å². The van der Waals surface area contributed by atoms with Gasteiger partial charge < -0.3 is 0 Å². The van der Waals surface area contributed by atoms with E-state index < -0.39 is 0 Å². The Bertz CT molecular complexity index is 1180. The maximum atomic E-state index is 13.4. The number of amides is 1. The van der Waals surface area contributed by atoms with E-state index in [1.165, 1.54) is 0 Å². The molecule has 142 valence electrons. The van der Waals surface area contributed by atoms with Crippen molar-refractivity contribution < 1.29 is 4.79 Å². The van der Waals surface area contributed by atoms with Gasteiger partial charge in [-0.15, -0.1) is 0 Å². The Morgan fingerprint density at radius 3 is 2.45 bits per heavy atom. The average Bonchev–Trinajstić information content (AvgIpc) is 3.29. The zero-order valence-corrected chi connectivity index (χ0v) is 16.4. The number of carbonyl (C=O) groups excluding carboxylic acids is 1. The number of aryl methyl sites for hydroxylation is 1. The Labute approximate surface area is 173 Å². The second-order valence-corrected chi connectivity index (χ2v) is 7.47. The Morgan fingerprint density at radius 2 is 1.76 bits per heavy atom. The third kappa shape index (κ3) is 2.91. The standard InChI is InChI=1S/C23H17ClN4O/c1-14-5-11-17(12-6-14)28-22(18-4-2-3-13-25-18)19-20(26-27-21(19)23(28)29)15-7-9-16(24)10-8-15/h2-13,22H,1H3,(H,26,27). The van der Waals surface area contributed by atoms with Crippen molar-refractivity contribution in [1.82, 2.24) is 15.2 Å². The lowest BCUT2D eigenvalue weighted by molar-refractivity contribution is 0.0988. The SMILES string of the molecule is Cc1ccc(N2C(=O)c3[nH]nc(-c4ccc(Cl)cc4)c3C2c2ccccn2)cc1. The third-order valence-electron chi connectivity index (χ3n) is 5.17. The first-order valence-corrected chi connectivity index (χ1v) is 9.66. The highest BCUT2D eigenvalue weighted by atomic mass is 35.5. The minimum atomic E-state index is -0.370. The van der Waals surface area contributed by atoms with Gasteiger partial charge in [-0.3, -0.25) is 19.8 Å². The van der Waals surface area contributed by atoms with E-state index in [0.717, 1.165) is 33.8 Å². The number of anilines is 1. The Hall–Kier alpha value is -3.44. The minimum Gasteiger partial charge on any atom is -0.294 e. The lowest BCUT2D eigenvalue weighted by Crippen LogP contribution is -2.29. The van der Waals surface area contributed by atoms with Crippen molar-refractivity contribution in [2.75, 3.05) is 4.90 Å². The molecule has 5 nitrogen and oxygen atoms in total. The van der Waals surface area contributed by atoms with Crippen LogP contribution in [0, 0.1) is 6.92 Å². The smallest absolute Gasteiger partial charge is 0.277 e. The quantitative estimate of drug-likeness (QED) is 0.515. The van der Waals surface area contributed by atoms with Crippen LogP contribution in [0.4, 0.5) is 5.69 Å². The van der Waals surface area contributed by atoms with Crippen LogP contribution in [0.3, 0.4) is 0 Å². The minimum absolute atomic E-state index is 0.118. The van der Waals surface area contributed by atoms with Crippen molar-refractivity contribution in [1.29, 1.82) is 0 Å². The van der Waals surface area contributed by atoms with E-state index in [-0.39, 0.29) is 11.9 Å². The molecule has 4 aromatic rings. The first kappa shape index (κ1) is 17.6. The number of H-pyrrole nitrogens is 1. The monoisotopic (exact) mass is 400 g/mol. The molecule has 1 atom stereocenters. The molecule has 6 heteroatoms. The number of rotatable bonds is 3. The van der Waals surface area contributed by atoms with Crippen LogP contribution in [-0.4, -0.2) is 21.1 Å². The molecule has 2 aromatic carbocycles. The summed E-state index contributed by atoms with van der Waals surface area (Å²) >= 11 is 6.05. The molecule has 0 radical (unpaired) electrons. The summed E-state index contributed by atoms with van der Waals surface area (Å²) in [5.74, 6) is -0.118. The zero-order chi connectivity index (χ0) is 20.0. The molecule has 1 amide bonds. The van der Waals surface area contributed by atoms with Crippen LogP contribution in [0.15, 0.2) is 72.9 Å². The van der Waals surface area contributed by atoms with Gasteiger partial charge in [-0.2, -0.15) is 5.10 Å². The number of carbonyl (C=O) groups is 1. The second-order valence-electron chi connectivity index (χ2n) is 7.04. The number of aromatic nitrogens is 3. The largest absolute Gasteiger partial charge is 0.294 e. The molecule has 29 heavy (non-hydrogen) atoms. The maximum absolute atomic E-state index is 13.4. The summed E-state index contributed by atoms with van der Waals surface area (Å²) in [5, 5.41) is 8.07. The summed E-state index contributed by atoms with van der Waals surface area (Å²) in [7, 11) is 0. The molecule has 1 unspecified atom stereocenters. The average molecular weight is 401 g/mol. The van der Waals surface area contributed by atoms with Gasteiger partial charge in [-0.25, -0.2) is 0 Å². The van der Waals surface area contributed by atoms with Gasteiger partial charge in [0.05, 0.1) is 11.4 Å². The zero-order valence-electron chi connectivity index (χ0n) is 15.6. The van der Waals surface area contributed by atoms with E-state index in [9.17, 15) is 4.79 Å². The predicted molar refractivity (Wildman–Crippen MR) is 113 cm³/mol. The van der Waals surface area contributed by atoms with Gasteiger partial charge in [0.15, 0.2) is 0 Å². The fourth-order valence-electron chi connectivity index (χ4n) is 3.76. The van der Waals surface area contributed by atoms with Crippen molar-refractivity contribution in [3.05, 3.63) is 100 Å². The van der Waals surface area contributed by atoms with Crippen LogP contribution in [0.2, 0.25) is 5.02 Å². The van der Waals surface area contributed by atoms with Crippen LogP contribution < -0.4 is 4.90 Å².